The van der Waals surface area contributed by atoms with Crippen molar-refractivity contribution >= 4 is 12.4 Å². The van der Waals surface area contributed by atoms with Crippen LogP contribution < -0.4 is 5.73 Å². The quantitative estimate of drug-likeness (QED) is 0.895. The molecule has 0 saturated heterocycles. The van der Waals surface area contributed by atoms with E-state index >= 15 is 0 Å². The van der Waals surface area contributed by atoms with E-state index in [1.165, 1.54) is 17.7 Å². The van der Waals surface area contributed by atoms with Gasteiger partial charge in [-0.1, -0.05) is 42.5 Å². The fraction of sp³-hybridized carbons (Fsp3) is 0.250. The van der Waals surface area contributed by atoms with Crippen molar-refractivity contribution in [2.75, 3.05) is 0 Å². The molecular formula is C16H19ClFN. The third kappa shape index (κ3) is 4.34. The molecule has 2 aromatic rings. The second-order valence-corrected chi connectivity index (χ2v) is 4.73. The highest BCUT2D eigenvalue weighted by Crippen LogP contribution is 2.28. The summed E-state index contributed by atoms with van der Waals surface area (Å²) >= 11 is 0. The third-order valence-electron chi connectivity index (χ3n) is 3.08. The van der Waals surface area contributed by atoms with E-state index in [4.69, 9.17) is 5.73 Å². The SMILES string of the molecule is CC(N)CC(c1ccccc1)c1ccc(F)cc1.Cl. The van der Waals surface area contributed by atoms with Crippen molar-refractivity contribution < 1.29 is 4.39 Å². The molecule has 0 amide bonds. The Bertz CT molecular complexity index is 482. The van der Waals surface area contributed by atoms with E-state index in [9.17, 15) is 4.39 Å². The molecule has 2 aromatic carbocycles. The van der Waals surface area contributed by atoms with Crippen molar-refractivity contribution in [2.45, 2.75) is 25.3 Å². The van der Waals surface area contributed by atoms with Crippen molar-refractivity contribution in [2.24, 2.45) is 5.73 Å². The molecule has 0 aliphatic rings. The molecular weight excluding hydrogens is 261 g/mol. The molecule has 2 rings (SSSR count). The van der Waals surface area contributed by atoms with Crippen molar-refractivity contribution in [3.05, 3.63) is 71.5 Å². The molecule has 102 valence electrons. The van der Waals surface area contributed by atoms with Crippen molar-refractivity contribution in [3.8, 4) is 0 Å². The summed E-state index contributed by atoms with van der Waals surface area (Å²) in [6.45, 7) is 2.00. The van der Waals surface area contributed by atoms with Crippen LogP contribution in [0.3, 0.4) is 0 Å². The Kier molecular flexibility index (Phi) is 6.00. The van der Waals surface area contributed by atoms with Crippen LogP contribution in [0.4, 0.5) is 4.39 Å². The van der Waals surface area contributed by atoms with Crippen LogP contribution in [0.5, 0.6) is 0 Å². The molecule has 1 nitrogen and oxygen atoms in total. The van der Waals surface area contributed by atoms with Crippen LogP contribution in [0.15, 0.2) is 54.6 Å². The maximum Gasteiger partial charge on any atom is 0.123 e. The summed E-state index contributed by atoms with van der Waals surface area (Å²) < 4.78 is 13.0. The summed E-state index contributed by atoms with van der Waals surface area (Å²) in [5.74, 6) is 0.0261. The average molecular weight is 280 g/mol. The second kappa shape index (κ2) is 7.27. The van der Waals surface area contributed by atoms with Gasteiger partial charge in [-0.3, -0.25) is 0 Å². The Labute approximate surface area is 120 Å². The minimum atomic E-state index is -0.202. The van der Waals surface area contributed by atoms with Crippen LogP contribution in [0.1, 0.15) is 30.4 Å². The number of halogens is 2. The van der Waals surface area contributed by atoms with Gasteiger partial charge in [0.1, 0.15) is 5.82 Å². The smallest absolute Gasteiger partial charge is 0.123 e. The molecule has 19 heavy (non-hydrogen) atoms. The minimum Gasteiger partial charge on any atom is -0.328 e. The first kappa shape index (κ1) is 15.7. The molecule has 2 unspecified atom stereocenters. The molecule has 0 bridgehead atoms. The Morgan fingerprint density at radius 1 is 0.947 bits per heavy atom. The van der Waals surface area contributed by atoms with Crippen LogP contribution in [0.25, 0.3) is 0 Å². The Morgan fingerprint density at radius 3 is 2.00 bits per heavy atom. The number of hydrogen-bond acceptors (Lipinski definition) is 1. The largest absolute Gasteiger partial charge is 0.328 e. The van der Waals surface area contributed by atoms with Crippen molar-refractivity contribution in [1.82, 2.24) is 0 Å². The number of benzene rings is 2. The zero-order chi connectivity index (χ0) is 13.0. The van der Waals surface area contributed by atoms with Crippen LogP contribution in [0.2, 0.25) is 0 Å². The van der Waals surface area contributed by atoms with E-state index in [1.807, 2.05) is 37.3 Å². The monoisotopic (exact) mass is 279 g/mol. The first-order valence-electron chi connectivity index (χ1n) is 6.23. The van der Waals surface area contributed by atoms with Crippen molar-refractivity contribution in [3.63, 3.8) is 0 Å². The highest BCUT2D eigenvalue weighted by Gasteiger charge is 2.15. The van der Waals surface area contributed by atoms with E-state index in [1.54, 1.807) is 0 Å². The first-order valence-corrected chi connectivity index (χ1v) is 6.23. The van der Waals surface area contributed by atoms with E-state index in [-0.39, 0.29) is 30.2 Å². The Hall–Kier alpha value is -1.38. The molecule has 0 heterocycles. The fourth-order valence-corrected chi connectivity index (χ4v) is 2.22. The van der Waals surface area contributed by atoms with E-state index in [2.05, 4.69) is 12.1 Å². The molecule has 0 saturated carbocycles. The van der Waals surface area contributed by atoms with Gasteiger partial charge in [-0.05, 0) is 36.6 Å². The number of hydrogen-bond donors (Lipinski definition) is 1. The summed E-state index contributed by atoms with van der Waals surface area (Å²) in [7, 11) is 0. The van der Waals surface area contributed by atoms with E-state index in [0.717, 1.165) is 12.0 Å². The maximum absolute atomic E-state index is 13.0. The lowest BCUT2D eigenvalue weighted by Crippen LogP contribution is -2.19. The van der Waals surface area contributed by atoms with Gasteiger partial charge in [-0.2, -0.15) is 0 Å². The van der Waals surface area contributed by atoms with Gasteiger partial charge in [-0.25, -0.2) is 4.39 Å². The van der Waals surface area contributed by atoms with Crippen molar-refractivity contribution in [1.29, 1.82) is 0 Å². The van der Waals surface area contributed by atoms with E-state index in [0.29, 0.717) is 0 Å². The van der Waals surface area contributed by atoms with Crippen LogP contribution in [0, 0.1) is 5.82 Å². The van der Waals surface area contributed by atoms with Gasteiger partial charge in [0.2, 0.25) is 0 Å². The normalized spacial score (nSPS) is 13.4. The average Bonchev–Trinajstić information content (AvgIpc) is 2.38. The highest BCUT2D eigenvalue weighted by molar-refractivity contribution is 5.85. The summed E-state index contributed by atoms with van der Waals surface area (Å²) in [4.78, 5) is 0. The van der Waals surface area contributed by atoms with Gasteiger partial charge in [0.15, 0.2) is 0 Å². The summed E-state index contributed by atoms with van der Waals surface area (Å²) in [5, 5.41) is 0. The molecule has 2 atom stereocenters. The zero-order valence-electron chi connectivity index (χ0n) is 10.9. The standard InChI is InChI=1S/C16H18FN.ClH/c1-12(18)11-16(13-5-3-2-4-6-13)14-7-9-15(17)10-8-14;/h2-10,12,16H,11,18H2,1H3;1H. The predicted octanol–water partition coefficient (Wildman–Crippen LogP) is 4.12. The van der Waals surface area contributed by atoms with Gasteiger partial charge in [0, 0.05) is 12.0 Å². The van der Waals surface area contributed by atoms with Gasteiger partial charge in [-0.15, -0.1) is 12.4 Å². The van der Waals surface area contributed by atoms with Gasteiger partial charge >= 0.3 is 0 Å². The van der Waals surface area contributed by atoms with E-state index < -0.39 is 0 Å². The molecule has 0 aliphatic carbocycles. The zero-order valence-corrected chi connectivity index (χ0v) is 11.7. The topological polar surface area (TPSA) is 26.0 Å². The minimum absolute atomic E-state index is 0. The molecule has 2 N–H and O–H groups in total. The third-order valence-corrected chi connectivity index (χ3v) is 3.08. The maximum atomic E-state index is 13.0. The predicted molar refractivity (Wildman–Crippen MR) is 80.2 cm³/mol. The van der Waals surface area contributed by atoms with Crippen LogP contribution >= 0.6 is 12.4 Å². The highest BCUT2D eigenvalue weighted by atomic mass is 35.5. The fourth-order valence-electron chi connectivity index (χ4n) is 2.22. The molecule has 0 aliphatic heterocycles. The Balaban J connectivity index is 0.00000180. The van der Waals surface area contributed by atoms with Crippen LogP contribution in [-0.2, 0) is 0 Å². The molecule has 3 heteroatoms. The molecule has 0 radical (unpaired) electrons. The van der Waals surface area contributed by atoms with Crippen LogP contribution in [-0.4, -0.2) is 6.04 Å². The summed E-state index contributed by atoms with van der Waals surface area (Å²) in [6, 6.07) is 17.0. The summed E-state index contributed by atoms with van der Waals surface area (Å²) in [6.07, 6.45) is 0.857. The number of nitrogens with two attached hydrogens (primary N) is 1. The second-order valence-electron chi connectivity index (χ2n) is 4.73. The van der Waals surface area contributed by atoms with Gasteiger partial charge < -0.3 is 5.73 Å². The molecule has 0 spiro atoms. The molecule has 0 fully saturated rings. The lowest BCUT2D eigenvalue weighted by Gasteiger charge is -2.20. The van der Waals surface area contributed by atoms with Gasteiger partial charge in [0.25, 0.3) is 0 Å². The van der Waals surface area contributed by atoms with Gasteiger partial charge in [0.05, 0.1) is 0 Å². The summed E-state index contributed by atoms with van der Waals surface area (Å²) in [5.41, 5.74) is 8.26. The lowest BCUT2D eigenvalue weighted by atomic mass is 9.86. The first-order chi connectivity index (χ1) is 8.66. The Morgan fingerprint density at radius 2 is 1.47 bits per heavy atom. The number of rotatable bonds is 4. The lowest BCUT2D eigenvalue weighted by molar-refractivity contribution is 0.602. The molecule has 0 aromatic heterocycles.